The summed E-state index contributed by atoms with van der Waals surface area (Å²) in [5, 5.41) is 0.687. The molecule has 0 aliphatic carbocycles. The Balaban J connectivity index is 2.45. The van der Waals surface area contributed by atoms with E-state index in [4.69, 9.17) is 11.6 Å². The van der Waals surface area contributed by atoms with Crippen LogP contribution in [0.15, 0.2) is 48.5 Å². The molecule has 92 valence electrons. The van der Waals surface area contributed by atoms with Crippen molar-refractivity contribution in [2.75, 3.05) is 14.1 Å². The quantitative estimate of drug-likeness (QED) is 0.805. The number of hydrogen-bond donors (Lipinski definition) is 0. The predicted octanol–water partition coefficient (Wildman–Crippen LogP) is 3.71. The molecule has 1 amide bonds. The predicted molar refractivity (Wildman–Crippen MR) is 74.9 cm³/mol. The van der Waals surface area contributed by atoms with Crippen LogP contribution in [0.1, 0.15) is 10.4 Å². The summed E-state index contributed by atoms with van der Waals surface area (Å²) in [5.74, 6) is -0.0103. The summed E-state index contributed by atoms with van der Waals surface area (Å²) < 4.78 is 0. The summed E-state index contributed by atoms with van der Waals surface area (Å²) in [4.78, 5) is 13.5. The van der Waals surface area contributed by atoms with Crippen LogP contribution in [0.25, 0.3) is 11.1 Å². The molecule has 0 aliphatic heterocycles. The van der Waals surface area contributed by atoms with Gasteiger partial charge in [-0.1, -0.05) is 41.9 Å². The van der Waals surface area contributed by atoms with Crippen molar-refractivity contribution >= 4 is 17.5 Å². The third-order valence-corrected chi connectivity index (χ3v) is 3.03. The Labute approximate surface area is 112 Å². The maximum atomic E-state index is 11.9. The third-order valence-electron chi connectivity index (χ3n) is 2.70. The number of benzene rings is 2. The summed E-state index contributed by atoms with van der Waals surface area (Å²) in [7, 11) is 3.48. The van der Waals surface area contributed by atoms with Crippen LogP contribution >= 0.6 is 11.6 Å². The summed E-state index contributed by atoms with van der Waals surface area (Å²) in [6, 6.07) is 15.1. The van der Waals surface area contributed by atoms with Crippen LogP contribution in [0, 0.1) is 0 Å². The summed E-state index contributed by atoms with van der Waals surface area (Å²) in [5.41, 5.74) is 2.55. The second kappa shape index (κ2) is 5.23. The topological polar surface area (TPSA) is 20.3 Å². The minimum Gasteiger partial charge on any atom is -0.345 e. The lowest BCUT2D eigenvalue weighted by Crippen LogP contribution is -2.21. The Morgan fingerprint density at radius 1 is 1.06 bits per heavy atom. The molecular weight excluding hydrogens is 246 g/mol. The van der Waals surface area contributed by atoms with Crippen molar-refractivity contribution in [1.82, 2.24) is 4.90 Å². The lowest BCUT2D eigenvalue weighted by Gasteiger charge is -2.11. The second-order valence-electron chi connectivity index (χ2n) is 4.26. The van der Waals surface area contributed by atoms with Crippen LogP contribution in [0.4, 0.5) is 0 Å². The van der Waals surface area contributed by atoms with Gasteiger partial charge in [0.25, 0.3) is 5.91 Å². The number of amides is 1. The Kier molecular flexibility index (Phi) is 3.68. The fourth-order valence-electron chi connectivity index (χ4n) is 1.77. The van der Waals surface area contributed by atoms with Crippen molar-refractivity contribution < 1.29 is 4.79 Å². The normalized spacial score (nSPS) is 10.2. The molecule has 0 heterocycles. The molecule has 2 aromatic carbocycles. The first-order valence-corrected chi connectivity index (χ1v) is 6.04. The molecule has 2 nitrogen and oxygen atoms in total. The first-order valence-electron chi connectivity index (χ1n) is 5.66. The molecule has 0 N–H and O–H groups in total. The number of nitrogens with zero attached hydrogens (tertiary/aromatic N) is 1. The number of halogens is 1. The van der Waals surface area contributed by atoms with Gasteiger partial charge in [-0.3, -0.25) is 4.79 Å². The van der Waals surface area contributed by atoms with Crippen LogP contribution in [0.3, 0.4) is 0 Å². The number of rotatable bonds is 2. The molecule has 2 rings (SSSR count). The van der Waals surface area contributed by atoms with Gasteiger partial charge in [0.15, 0.2) is 0 Å². The van der Waals surface area contributed by atoms with Gasteiger partial charge in [-0.05, 0) is 23.8 Å². The molecule has 2 aromatic rings. The molecule has 0 saturated carbocycles. The van der Waals surface area contributed by atoms with Crippen LogP contribution in [-0.4, -0.2) is 24.9 Å². The van der Waals surface area contributed by atoms with E-state index in [2.05, 4.69) is 0 Å². The van der Waals surface area contributed by atoms with E-state index in [1.807, 2.05) is 48.5 Å². The van der Waals surface area contributed by atoms with Gasteiger partial charge in [0.2, 0.25) is 0 Å². The van der Waals surface area contributed by atoms with Crippen LogP contribution in [-0.2, 0) is 0 Å². The molecular formula is C15H14ClNO. The minimum atomic E-state index is -0.0103. The molecule has 0 fully saturated rings. The SMILES string of the molecule is CN(C)C(=O)c1cccc(-c2ccccc2Cl)c1. The van der Waals surface area contributed by atoms with E-state index in [0.29, 0.717) is 10.6 Å². The Morgan fingerprint density at radius 2 is 1.78 bits per heavy atom. The maximum absolute atomic E-state index is 11.9. The number of carbonyl (C=O) groups is 1. The van der Waals surface area contributed by atoms with Crippen LogP contribution in [0.5, 0.6) is 0 Å². The molecule has 3 heteroatoms. The minimum absolute atomic E-state index is 0.0103. The zero-order valence-corrected chi connectivity index (χ0v) is 11.1. The summed E-state index contributed by atoms with van der Waals surface area (Å²) in [6.07, 6.45) is 0. The Bertz CT molecular complexity index is 578. The lowest BCUT2D eigenvalue weighted by atomic mass is 10.0. The van der Waals surface area contributed by atoms with Crippen LogP contribution < -0.4 is 0 Å². The molecule has 18 heavy (non-hydrogen) atoms. The highest BCUT2D eigenvalue weighted by molar-refractivity contribution is 6.33. The zero-order valence-electron chi connectivity index (χ0n) is 10.4. The van der Waals surface area contributed by atoms with E-state index in [1.54, 1.807) is 19.0 Å². The highest BCUT2D eigenvalue weighted by atomic mass is 35.5. The summed E-state index contributed by atoms with van der Waals surface area (Å²) in [6.45, 7) is 0. The highest BCUT2D eigenvalue weighted by Crippen LogP contribution is 2.28. The average molecular weight is 260 g/mol. The summed E-state index contributed by atoms with van der Waals surface area (Å²) >= 11 is 6.16. The molecule has 0 bridgehead atoms. The van der Waals surface area contributed by atoms with Crippen molar-refractivity contribution in [3.63, 3.8) is 0 Å². The Hall–Kier alpha value is -1.80. The van der Waals surface area contributed by atoms with Gasteiger partial charge >= 0.3 is 0 Å². The van der Waals surface area contributed by atoms with Gasteiger partial charge < -0.3 is 4.90 Å². The van der Waals surface area contributed by atoms with E-state index in [1.165, 1.54) is 0 Å². The van der Waals surface area contributed by atoms with Crippen molar-refractivity contribution in [2.24, 2.45) is 0 Å². The standard InChI is InChI=1S/C15H14ClNO/c1-17(2)15(18)12-7-5-6-11(10-12)13-8-3-4-9-14(13)16/h3-10H,1-2H3. The highest BCUT2D eigenvalue weighted by Gasteiger charge is 2.09. The number of carbonyl (C=O) groups excluding carboxylic acids is 1. The maximum Gasteiger partial charge on any atom is 0.253 e. The van der Waals surface area contributed by atoms with E-state index >= 15 is 0 Å². The van der Waals surface area contributed by atoms with E-state index < -0.39 is 0 Å². The third kappa shape index (κ3) is 2.54. The Morgan fingerprint density at radius 3 is 2.44 bits per heavy atom. The smallest absolute Gasteiger partial charge is 0.253 e. The van der Waals surface area contributed by atoms with Gasteiger partial charge in [0.1, 0.15) is 0 Å². The first kappa shape index (κ1) is 12.7. The van der Waals surface area contributed by atoms with Gasteiger partial charge in [0.05, 0.1) is 0 Å². The van der Waals surface area contributed by atoms with E-state index in [0.717, 1.165) is 11.1 Å². The van der Waals surface area contributed by atoms with Gasteiger partial charge in [-0.15, -0.1) is 0 Å². The van der Waals surface area contributed by atoms with Gasteiger partial charge in [0, 0.05) is 30.2 Å². The average Bonchev–Trinajstić information content (AvgIpc) is 2.38. The van der Waals surface area contributed by atoms with Crippen molar-refractivity contribution in [2.45, 2.75) is 0 Å². The molecule has 0 unspecified atom stereocenters. The monoisotopic (exact) mass is 259 g/mol. The van der Waals surface area contributed by atoms with E-state index in [-0.39, 0.29) is 5.91 Å². The molecule has 0 aromatic heterocycles. The largest absolute Gasteiger partial charge is 0.345 e. The fraction of sp³-hybridized carbons (Fsp3) is 0.133. The fourth-order valence-corrected chi connectivity index (χ4v) is 2.02. The molecule has 0 saturated heterocycles. The molecule has 0 aliphatic rings. The molecule has 0 radical (unpaired) electrons. The molecule has 0 atom stereocenters. The van der Waals surface area contributed by atoms with Gasteiger partial charge in [-0.2, -0.15) is 0 Å². The lowest BCUT2D eigenvalue weighted by molar-refractivity contribution is 0.0827. The van der Waals surface area contributed by atoms with Crippen molar-refractivity contribution in [3.05, 3.63) is 59.1 Å². The zero-order chi connectivity index (χ0) is 13.1. The van der Waals surface area contributed by atoms with Crippen molar-refractivity contribution in [1.29, 1.82) is 0 Å². The second-order valence-corrected chi connectivity index (χ2v) is 4.67. The number of hydrogen-bond acceptors (Lipinski definition) is 1. The molecule has 0 spiro atoms. The van der Waals surface area contributed by atoms with Crippen LogP contribution in [0.2, 0.25) is 5.02 Å². The first-order chi connectivity index (χ1) is 8.59. The van der Waals surface area contributed by atoms with Crippen molar-refractivity contribution in [3.8, 4) is 11.1 Å². The van der Waals surface area contributed by atoms with Gasteiger partial charge in [-0.25, -0.2) is 0 Å². The van der Waals surface area contributed by atoms with E-state index in [9.17, 15) is 4.79 Å².